The zero-order chi connectivity index (χ0) is 12.8. The number of guanidine groups is 1. The fourth-order valence-electron chi connectivity index (χ4n) is 1.87. The minimum atomic E-state index is 0. The van der Waals surface area contributed by atoms with Gasteiger partial charge in [0, 0.05) is 44.6 Å². The van der Waals surface area contributed by atoms with Crippen molar-refractivity contribution in [3.63, 3.8) is 0 Å². The lowest BCUT2D eigenvalue weighted by molar-refractivity contribution is 0.00530. The number of hydrogen-bond donors (Lipinski definition) is 1. The molecule has 2 N–H and O–H groups in total. The van der Waals surface area contributed by atoms with E-state index in [4.69, 9.17) is 10.5 Å². The fourth-order valence-corrected chi connectivity index (χ4v) is 1.87. The molecule has 1 aromatic rings. The van der Waals surface area contributed by atoms with E-state index in [1.54, 1.807) is 18.6 Å². The summed E-state index contributed by atoms with van der Waals surface area (Å²) in [7, 11) is 0. The number of morpholine rings is 1. The van der Waals surface area contributed by atoms with Crippen LogP contribution in [-0.2, 0) is 11.2 Å². The molecule has 0 bridgehead atoms. The number of rotatable bonds is 3. The smallest absolute Gasteiger partial charge is 0.191 e. The summed E-state index contributed by atoms with van der Waals surface area (Å²) >= 11 is 0. The van der Waals surface area contributed by atoms with E-state index in [1.807, 2.05) is 6.92 Å². The van der Waals surface area contributed by atoms with Gasteiger partial charge in [-0.3, -0.25) is 15.0 Å². The van der Waals surface area contributed by atoms with Gasteiger partial charge in [-0.1, -0.05) is 0 Å². The summed E-state index contributed by atoms with van der Waals surface area (Å²) in [5.74, 6) is 0.592. The SMILES string of the molecule is CC1CN(C(N)=NCCc2cnccn2)CCO1.I. The van der Waals surface area contributed by atoms with Crippen LogP contribution >= 0.6 is 24.0 Å². The zero-order valence-electron chi connectivity index (χ0n) is 11.0. The molecule has 0 amide bonds. The molecule has 2 rings (SSSR count). The Morgan fingerprint density at radius 2 is 2.42 bits per heavy atom. The van der Waals surface area contributed by atoms with Crippen molar-refractivity contribution in [1.82, 2.24) is 14.9 Å². The Hall–Kier alpha value is -0.960. The van der Waals surface area contributed by atoms with Crippen LogP contribution in [0.25, 0.3) is 0 Å². The van der Waals surface area contributed by atoms with Crippen molar-refractivity contribution in [2.45, 2.75) is 19.4 Å². The first-order chi connectivity index (χ1) is 8.75. The van der Waals surface area contributed by atoms with Crippen molar-refractivity contribution in [3.05, 3.63) is 24.3 Å². The Morgan fingerprint density at radius 1 is 1.58 bits per heavy atom. The van der Waals surface area contributed by atoms with Gasteiger partial charge in [-0.2, -0.15) is 0 Å². The summed E-state index contributed by atoms with van der Waals surface area (Å²) in [4.78, 5) is 14.6. The first-order valence-corrected chi connectivity index (χ1v) is 6.17. The second kappa shape index (κ2) is 8.26. The number of nitrogens with two attached hydrogens (primary N) is 1. The van der Waals surface area contributed by atoms with Crippen LogP contribution in [0.4, 0.5) is 0 Å². The number of aromatic nitrogens is 2. The highest BCUT2D eigenvalue weighted by atomic mass is 127. The van der Waals surface area contributed by atoms with Crippen LogP contribution in [0.2, 0.25) is 0 Å². The molecule has 0 spiro atoms. The minimum absolute atomic E-state index is 0. The summed E-state index contributed by atoms with van der Waals surface area (Å²) < 4.78 is 5.46. The maximum absolute atomic E-state index is 5.96. The first-order valence-electron chi connectivity index (χ1n) is 6.17. The van der Waals surface area contributed by atoms with Crippen molar-refractivity contribution in [3.8, 4) is 0 Å². The summed E-state index contributed by atoms with van der Waals surface area (Å²) in [6, 6.07) is 0. The predicted octanol–water partition coefficient (Wildman–Crippen LogP) is 0.672. The molecule has 106 valence electrons. The number of nitrogens with zero attached hydrogens (tertiary/aromatic N) is 4. The molecule has 1 atom stereocenters. The van der Waals surface area contributed by atoms with Gasteiger partial charge in [-0.25, -0.2) is 0 Å². The van der Waals surface area contributed by atoms with Crippen LogP contribution in [-0.4, -0.2) is 53.2 Å². The molecule has 0 aliphatic carbocycles. The van der Waals surface area contributed by atoms with Gasteiger partial charge in [-0.05, 0) is 6.92 Å². The molecule has 0 aromatic carbocycles. The molecule has 1 aliphatic rings. The van der Waals surface area contributed by atoms with Crippen molar-refractivity contribution >= 4 is 29.9 Å². The Labute approximate surface area is 130 Å². The Balaban J connectivity index is 0.00000180. The van der Waals surface area contributed by atoms with Gasteiger partial charge in [-0.15, -0.1) is 24.0 Å². The van der Waals surface area contributed by atoms with E-state index in [0.29, 0.717) is 19.1 Å². The summed E-state index contributed by atoms with van der Waals surface area (Å²) in [6.07, 6.45) is 6.08. The van der Waals surface area contributed by atoms with Crippen molar-refractivity contribution in [1.29, 1.82) is 0 Å². The Morgan fingerprint density at radius 3 is 3.11 bits per heavy atom. The lowest BCUT2D eigenvalue weighted by atomic mass is 10.3. The van der Waals surface area contributed by atoms with Crippen molar-refractivity contribution < 1.29 is 4.74 Å². The van der Waals surface area contributed by atoms with Crippen LogP contribution in [0.15, 0.2) is 23.6 Å². The molecule has 0 saturated carbocycles. The van der Waals surface area contributed by atoms with Crippen molar-refractivity contribution in [2.75, 3.05) is 26.2 Å². The predicted molar refractivity (Wildman–Crippen MR) is 84.6 cm³/mol. The summed E-state index contributed by atoms with van der Waals surface area (Å²) in [5, 5.41) is 0. The highest BCUT2D eigenvalue weighted by molar-refractivity contribution is 14.0. The van der Waals surface area contributed by atoms with Crippen LogP contribution in [0.3, 0.4) is 0 Å². The van der Waals surface area contributed by atoms with Gasteiger partial charge in [0.2, 0.25) is 0 Å². The number of aliphatic imine (C=N–C) groups is 1. The molecule has 0 radical (unpaired) electrons. The van der Waals surface area contributed by atoms with E-state index < -0.39 is 0 Å². The van der Waals surface area contributed by atoms with Gasteiger partial charge in [0.15, 0.2) is 5.96 Å². The molecular formula is C12H20IN5O. The lowest BCUT2D eigenvalue weighted by Crippen LogP contribution is -2.47. The van der Waals surface area contributed by atoms with Gasteiger partial charge >= 0.3 is 0 Å². The number of hydrogen-bond acceptors (Lipinski definition) is 4. The lowest BCUT2D eigenvalue weighted by Gasteiger charge is -2.31. The quantitative estimate of drug-likeness (QED) is 0.476. The largest absolute Gasteiger partial charge is 0.375 e. The molecule has 6 nitrogen and oxygen atoms in total. The summed E-state index contributed by atoms with van der Waals surface area (Å²) in [6.45, 7) is 5.00. The molecule has 1 aromatic heterocycles. The average molecular weight is 377 g/mol. The van der Waals surface area contributed by atoms with Crippen LogP contribution in [0.1, 0.15) is 12.6 Å². The van der Waals surface area contributed by atoms with Crippen LogP contribution in [0, 0.1) is 0 Å². The second-order valence-electron chi connectivity index (χ2n) is 4.31. The maximum atomic E-state index is 5.96. The molecule has 1 aliphatic heterocycles. The highest BCUT2D eigenvalue weighted by Gasteiger charge is 2.17. The van der Waals surface area contributed by atoms with Gasteiger partial charge in [0.25, 0.3) is 0 Å². The van der Waals surface area contributed by atoms with Gasteiger partial charge in [0.1, 0.15) is 0 Å². The molecule has 1 fully saturated rings. The minimum Gasteiger partial charge on any atom is -0.375 e. The number of halogens is 1. The highest BCUT2D eigenvalue weighted by Crippen LogP contribution is 2.03. The van der Waals surface area contributed by atoms with Gasteiger partial charge in [0.05, 0.1) is 18.4 Å². The van der Waals surface area contributed by atoms with E-state index >= 15 is 0 Å². The first kappa shape index (κ1) is 16.1. The second-order valence-corrected chi connectivity index (χ2v) is 4.31. The molecule has 2 heterocycles. The normalized spacial score (nSPS) is 19.9. The Kier molecular flexibility index (Phi) is 7.00. The van der Waals surface area contributed by atoms with Crippen molar-refractivity contribution in [2.24, 2.45) is 10.7 Å². The monoisotopic (exact) mass is 377 g/mol. The fraction of sp³-hybridized carbons (Fsp3) is 0.583. The summed E-state index contributed by atoms with van der Waals surface area (Å²) in [5.41, 5.74) is 6.89. The number of ether oxygens (including phenoxy) is 1. The van der Waals surface area contributed by atoms with E-state index in [2.05, 4.69) is 19.9 Å². The zero-order valence-corrected chi connectivity index (χ0v) is 13.4. The van der Waals surface area contributed by atoms with E-state index in [-0.39, 0.29) is 30.1 Å². The average Bonchev–Trinajstić information content (AvgIpc) is 2.40. The Bertz CT molecular complexity index is 400. The van der Waals surface area contributed by atoms with Crippen LogP contribution < -0.4 is 5.73 Å². The van der Waals surface area contributed by atoms with Gasteiger partial charge < -0.3 is 15.4 Å². The third-order valence-electron chi connectivity index (χ3n) is 2.82. The van der Waals surface area contributed by atoms with E-state index in [0.717, 1.165) is 25.2 Å². The molecule has 1 unspecified atom stereocenters. The van der Waals surface area contributed by atoms with Crippen LogP contribution in [0.5, 0.6) is 0 Å². The third-order valence-corrected chi connectivity index (χ3v) is 2.82. The molecule has 1 saturated heterocycles. The standard InChI is InChI=1S/C12H19N5O.HI/c1-10-9-17(6-7-18-10)12(13)16-3-2-11-8-14-4-5-15-11;/h4-5,8,10H,2-3,6-7,9H2,1H3,(H2,13,16);1H. The molecular weight excluding hydrogens is 357 g/mol. The molecule has 7 heteroatoms. The topological polar surface area (TPSA) is 76.6 Å². The van der Waals surface area contributed by atoms with E-state index in [9.17, 15) is 0 Å². The molecule has 19 heavy (non-hydrogen) atoms. The third kappa shape index (κ3) is 5.27. The van der Waals surface area contributed by atoms with E-state index in [1.165, 1.54) is 0 Å². The maximum Gasteiger partial charge on any atom is 0.191 e.